The number of halogens is 3. The average Bonchev–Trinajstić information content (AvgIpc) is 2.20. The fraction of sp³-hybridized carbons (Fsp3) is 0.417. The van der Waals surface area contributed by atoms with Crippen molar-refractivity contribution in [2.24, 2.45) is 0 Å². The summed E-state index contributed by atoms with van der Waals surface area (Å²) in [6.45, 7) is 2.78. The Morgan fingerprint density at radius 1 is 1.28 bits per heavy atom. The van der Waals surface area contributed by atoms with Crippen LogP contribution in [0.25, 0.3) is 0 Å². The van der Waals surface area contributed by atoms with Crippen molar-refractivity contribution in [1.29, 1.82) is 0 Å². The summed E-state index contributed by atoms with van der Waals surface area (Å²) >= 11 is 0. The highest BCUT2D eigenvalue weighted by Gasteiger charge is 2.46. The SMILES string of the molecule is Cc1cc(C)cc([C@H]2NC(=O)OCC2(F)F)c1.Cl. The highest BCUT2D eigenvalue weighted by atomic mass is 35.5. The van der Waals surface area contributed by atoms with E-state index in [1.165, 1.54) is 0 Å². The Morgan fingerprint density at radius 2 is 1.83 bits per heavy atom. The largest absolute Gasteiger partial charge is 0.443 e. The molecule has 1 aliphatic rings. The fourth-order valence-corrected chi connectivity index (χ4v) is 2.01. The van der Waals surface area contributed by atoms with Crippen LogP contribution < -0.4 is 5.32 Å². The van der Waals surface area contributed by atoms with Gasteiger partial charge < -0.3 is 10.1 Å². The number of carbonyl (C=O) groups is 1. The van der Waals surface area contributed by atoms with Gasteiger partial charge >= 0.3 is 12.0 Å². The first kappa shape index (κ1) is 14.7. The Hall–Kier alpha value is -1.36. The summed E-state index contributed by atoms with van der Waals surface area (Å²) in [5.74, 6) is -3.09. The molecule has 0 spiro atoms. The molecule has 100 valence electrons. The van der Waals surface area contributed by atoms with Crippen LogP contribution in [0, 0.1) is 13.8 Å². The number of rotatable bonds is 1. The van der Waals surface area contributed by atoms with Gasteiger partial charge in [0.25, 0.3) is 0 Å². The number of carbonyl (C=O) groups excluding carboxylic acids is 1. The molecule has 0 radical (unpaired) electrons. The number of alkyl halides is 2. The van der Waals surface area contributed by atoms with Crippen LogP contribution in [-0.2, 0) is 4.74 Å². The number of ether oxygens (including phenoxy) is 1. The van der Waals surface area contributed by atoms with Gasteiger partial charge in [0, 0.05) is 0 Å². The first-order valence-corrected chi connectivity index (χ1v) is 5.28. The minimum Gasteiger partial charge on any atom is -0.443 e. The fourth-order valence-electron chi connectivity index (χ4n) is 2.01. The normalized spacial score (nSPS) is 21.6. The summed E-state index contributed by atoms with van der Waals surface area (Å²) < 4.78 is 31.6. The lowest BCUT2D eigenvalue weighted by atomic mass is 9.96. The first-order valence-electron chi connectivity index (χ1n) is 5.28. The monoisotopic (exact) mass is 277 g/mol. The highest BCUT2D eigenvalue weighted by molar-refractivity contribution is 5.85. The lowest BCUT2D eigenvalue weighted by Gasteiger charge is -2.32. The van der Waals surface area contributed by atoms with E-state index < -0.39 is 24.7 Å². The van der Waals surface area contributed by atoms with Crippen LogP contribution in [0.1, 0.15) is 22.7 Å². The summed E-state index contributed by atoms with van der Waals surface area (Å²) in [5, 5.41) is 2.17. The van der Waals surface area contributed by atoms with Gasteiger partial charge in [-0.1, -0.05) is 29.3 Å². The predicted octanol–water partition coefficient (Wildman–Crippen LogP) is 3.14. The van der Waals surface area contributed by atoms with Gasteiger partial charge in [-0.05, 0) is 19.4 Å². The van der Waals surface area contributed by atoms with Crippen molar-refractivity contribution in [1.82, 2.24) is 5.32 Å². The van der Waals surface area contributed by atoms with Crippen molar-refractivity contribution in [2.75, 3.05) is 6.61 Å². The molecular formula is C12H14ClF2NO2. The van der Waals surface area contributed by atoms with E-state index >= 15 is 0 Å². The zero-order chi connectivity index (χ0) is 12.6. The van der Waals surface area contributed by atoms with E-state index in [-0.39, 0.29) is 12.4 Å². The van der Waals surface area contributed by atoms with Gasteiger partial charge in [-0.2, -0.15) is 0 Å². The number of aryl methyl sites for hydroxylation is 2. The van der Waals surface area contributed by atoms with Crippen molar-refractivity contribution >= 4 is 18.5 Å². The molecule has 18 heavy (non-hydrogen) atoms. The third-order valence-corrected chi connectivity index (χ3v) is 2.66. The molecule has 1 N–H and O–H groups in total. The van der Waals surface area contributed by atoms with Gasteiger partial charge in [-0.15, -0.1) is 12.4 Å². The number of hydrogen-bond donors (Lipinski definition) is 1. The Bertz CT molecular complexity index is 445. The molecular weight excluding hydrogens is 264 g/mol. The topological polar surface area (TPSA) is 38.3 Å². The lowest BCUT2D eigenvalue weighted by Crippen LogP contribution is -2.49. The van der Waals surface area contributed by atoms with E-state index in [2.05, 4.69) is 10.1 Å². The van der Waals surface area contributed by atoms with Crippen LogP contribution in [0.3, 0.4) is 0 Å². The molecule has 2 rings (SSSR count). The second-order valence-electron chi connectivity index (χ2n) is 4.34. The van der Waals surface area contributed by atoms with E-state index in [0.29, 0.717) is 5.56 Å². The number of cyclic esters (lactones) is 1. The number of amides is 1. The first-order chi connectivity index (χ1) is 7.88. The van der Waals surface area contributed by atoms with Gasteiger partial charge in [0.15, 0.2) is 6.61 Å². The zero-order valence-corrected chi connectivity index (χ0v) is 10.8. The second-order valence-corrected chi connectivity index (χ2v) is 4.34. The number of hydrogen-bond acceptors (Lipinski definition) is 2. The standard InChI is InChI=1S/C12H13F2NO2.ClH/c1-7-3-8(2)5-9(4-7)10-12(13,14)6-17-11(16)15-10;/h3-5,10H,6H2,1-2H3,(H,15,16);1H/t10-;/m1./s1. The third-order valence-electron chi connectivity index (χ3n) is 2.66. The van der Waals surface area contributed by atoms with Crippen LogP contribution >= 0.6 is 12.4 Å². The maximum atomic E-state index is 13.7. The molecule has 0 bridgehead atoms. The van der Waals surface area contributed by atoms with Gasteiger partial charge in [-0.25, -0.2) is 13.6 Å². The minimum atomic E-state index is -3.09. The summed E-state index contributed by atoms with van der Waals surface area (Å²) in [7, 11) is 0. The molecule has 1 heterocycles. The smallest absolute Gasteiger partial charge is 0.408 e. The summed E-state index contributed by atoms with van der Waals surface area (Å²) in [5.41, 5.74) is 2.18. The molecule has 0 unspecified atom stereocenters. The number of benzene rings is 1. The van der Waals surface area contributed by atoms with Crippen LogP contribution in [-0.4, -0.2) is 18.6 Å². The third kappa shape index (κ3) is 2.90. The maximum Gasteiger partial charge on any atom is 0.408 e. The summed E-state index contributed by atoms with van der Waals surface area (Å²) in [6, 6.07) is 3.87. The molecule has 0 saturated carbocycles. The summed E-state index contributed by atoms with van der Waals surface area (Å²) in [6.07, 6.45) is -0.805. The van der Waals surface area contributed by atoms with Gasteiger partial charge in [-0.3, -0.25) is 0 Å². The molecule has 0 aliphatic carbocycles. The van der Waals surface area contributed by atoms with E-state index in [4.69, 9.17) is 0 Å². The Morgan fingerprint density at radius 3 is 2.39 bits per heavy atom. The van der Waals surface area contributed by atoms with Gasteiger partial charge in [0.05, 0.1) is 0 Å². The molecule has 1 aromatic carbocycles. The van der Waals surface area contributed by atoms with Crippen LogP contribution in [0.15, 0.2) is 18.2 Å². The minimum absolute atomic E-state index is 0. The average molecular weight is 278 g/mol. The molecule has 1 aromatic rings. The summed E-state index contributed by atoms with van der Waals surface area (Å²) in [4.78, 5) is 11.0. The van der Waals surface area contributed by atoms with Crippen LogP contribution in [0.4, 0.5) is 13.6 Å². The van der Waals surface area contributed by atoms with E-state index in [9.17, 15) is 13.6 Å². The molecule has 3 nitrogen and oxygen atoms in total. The molecule has 6 heteroatoms. The lowest BCUT2D eigenvalue weighted by molar-refractivity contribution is -0.104. The Balaban J connectivity index is 0.00000162. The molecule has 1 atom stereocenters. The van der Waals surface area contributed by atoms with Gasteiger partial charge in [0.1, 0.15) is 6.04 Å². The molecule has 1 fully saturated rings. The van der Waals surface area contributed by atoms with Crippen LogP contribution in [0.5, 0.6) is 0 Å². The number of alkyl carbamates (subject to hydrolysis) is 1. The van der Waals surface area contributed by atoms with Crippen molar-refractivity contribution in [3.63, 3.8) is 0 Å². The molecule has 0 aromatic heterocycles. The van der Waals surface area contributed by atoms with Crippen molar-refractivity contribution < 1.29 is 18.3 Å². The van der Waals surface area contributed by atoms with Crippen LogP contribution in [0.2, 0.25) is 0 Å². The highest BCUT2D eigenvalue weighted by Crippen LogP contribution is 2.35. The zero-order valence-electron chi connectivity index (χ0n) is 10.00. The van der Waals surface area contributed by atoms with Crippen molar-refractivity contribution in [3.05, 3.63) is 34.9 Å². The van der Waals surface area contributed by atoms with Gasteiger partial charge in [0.2, 0.25) is 0 Å². The molecule has 1 amide bonds. The molecule has 1 aliphatic heterocycles. The van der Waals surface area contributed by atoms with Crippen molar-refractivity contribution in [3.8, 4) is 0 Å². The second kappa shape index (κ2) is 5.10. The Kier molecular flexibility index (Phi) is 4.16. The van der Waals surface area contributed by atoms with E-state index in [0.717, 1.165) is 11.1 Å². The van der Waals surface area contributed by atoms with E-state index in [1.54, 1.807) is 12.1 Å². The maximum absolute atomic E-state index is 13.7. The van der Waals surface area contributed by atoms with Crippen molar-refractivity contribution in [2.45, 2.75) is 25.8 Å². The van der Waals surface area contributed by atoms with E-state index in [1.807, 2.05) is 19.9 Å². The predicted molar refractivity (Wildman–Crippen MR) is 65.3 cm³/mol. The molecule has 1 saturated heterocycles. The number of nitrogens with one attached hydrogen (secondary N) is 1. The quantitative estimate of drug-likeness (QED) is 0.856. The Labute approximate surface area is 110 Å².